The summed E-state index contributed by atoms with van der Waals surface area (Å²) in [6.07, 6.45) is 1.46. The molecule has 2 rings (SSSR count). The van der Waals surface area contributed by atoms with Crippen LogP contribution in [-0.4, -0.2) is 31.3 Å². The number of rotatable bonds is 5. The number of halogens is 2. The van der Waals surface area contributed by atoms with Crippen molar-refractivity contribution in [3.8, 4) is 11.5 Å². The molecule has 2 aromatic rings. The molecule has 1 aromatic heterocycles. The van der Waals surface area contributed by atoms with Crippen molar-refractivity contribution in [2.24, 2.45) is 5.10 Å². The lowest BCUT2D eigenvalue weighted by molar-refractivity contribution is 0.0950. The minimum Gasteiger partial charge on any atom is -0.493 e. The zero-order chi connectivity index (χ0) is 16.8. The van der Waals surface area contributed by atoms with Gasteiger partial charge in [0, 0.05) is 0 Å². The SMILES string of the molecule is COc1ccc(/C=N/NC(=O)c2nc(Cl)ccc2Cl)cc1OC. The van der Waals surface area contributed by atoms with E-state index in [1.165, 1.54) is 25.5 Å². The summed E-state index contributed by atoms with van der Waals surface area (Å²) in [7, 11) is 3.08. The summed E-state index contributed by atoms with van der Waals surface area (Å²) in [5.41, 5.74) is 3.05. The number of carbonyl (C=O) groups is 1. The maximum Gasteiger partial charge on any atom is 0.291 e. The Kier molecular flexibility index (Phi) is 5.78. The minimum absolute atomic E-state index is 0.00336. The molecule has 0 aliphatic rings. The van der Waals surface area contributed by atoms with Crippen LogP contribution in [0.5, 0.6) is 11.5 Å². The summed E-state index contributed by atoms with van der Waals surface area (Å²) < 4.78 is 10.3. The average molecular weight is 354 g/mol. The molecular weight excluding hydrogens is 341 g/mol. The van der Waals surface area contributed by atoms with Gasteiger partial charge in [0.05, 0.1) is 25.5 Å². The number of nitrogens with zero attached hydrogens (tertiary/aromatic N) is 2. The van der Waals surface area contributed by atoms with E-state index >= 15 is 0 Å². The fraction of sp³-hybridized carbons (Fsp3) is 0.133. The van der Waals surface area contributed by atoms with Gasteiger partial charge in [-0.2, -0.15) is 5.10 Å². The lowest BCUT2D eigenvalue weighted by atomic mass is 10.2. The fourth-order valence-corrected chi connectivity index (χ4v) is 2.07. The van der Waals surface area contributed by atoms with Crippen LogP contribution >= 0.6 is 23.2 Å². The first-order chi connectivity index (χ1) is 11.0. The zero-order valence-electron chi connectivity index (χ0n) is 12.3. The normalized spacial score (nSPS) is 10.6. The number of hydrogen-bond donors (Lipinski definition) is 1. The van der Waals surface area contributed by atoms with Crippen LogP contribution in [0.25, 0.3) is 0 Å². The van der Waals surface area contributed by atoms with Crippen LogP contribution < -0.4 is 14.9 Å². The van der Waals surface area contributed by atoms with Gasteiger partial charge >= 0.3 is 0 Å². The molecule has 0 aliphatic heterocycles. The van der Waals surface area contributed by atoms with Gasteiger partial charge in [-0.3, -0.25) is 4.79 Å². The number of methoxy groups -OCH3 is 2. The van der Waals surface area contributed by atoms with Crippen molar-refractivity contribution in [1.82, 2.24) is 10.4 Å². The van der Waals surface area contributed by atoms with Crippen molar-refractivity contribution in [2.45, 2.75) is 0 Å². The molecule has 0 spiro atoms. The summed E-state index contributed by atoms with van der Waals surface area (Å²) in [4.78, 5) is 15.8. The van der Waals surface area contributed by atoms with E-state index in [1.54, 1.807) is 25.3 Å². The first kappa shape index (κ1) is 17.1. The predicted molar refractivity (Wildman–Crippen MR) is 88.9 cm³/mol. The van der Waals surface area contributed by atoms with E-state index < -0.39 is 5.91 Å². The molecule has 1 heterocycles. The molecule has 6 nitrogen and oxygen atoms in total. The van der Waals surface area contributed by atoms with Crippen molar-refractivity contribution in [2.75, 3.05) is 14.2 Å². The highest BCUT2D eigenvalue weighted by Crippen LogP contribution is 2.26. The molecule has 0 saturated heterocycles. The van der Waals surface area contributed by atoms with Gasteiger partial charge in [0.25, 0.3) is 5.91 Å². The molecule has 1 N–H and O–H groups in total. The van der Waals surface area contributed by atoms with E-state index in [1.807, 2.05) is 0 Å². The Morgan fingerprint density at radius 2 is 1.91 bits per heavy atom. The summed E-state index contributed by atoms with van der Waals surface area (Å²) in [6, 6.07) is 8.20. The third-order valence-electron chi connectivity index (χ3n) is 2.81. The molecule has 0 unspecified atom stereocenters. The number of ether oxygens (including phenoxy) is 2. The van der Waals surface area contributed by atoms with Gasteiger partial charge in [0.15, 0.2) is 11.5 Å². The molecule has 23 heavy (non-hydrogen) atoms. The molecule has 1 amide bonds. The Morgan fingerprint density at radius 1 is 1.17 bits per heavy atom. The molecular formula is C15H13Cl2N3O3. The van der Waals surface area contributed by atoms with E-state index in [4.69, 9.17) is 32.7 Å². The monoisotopic (exact) mass is 353 g/mol. The Hall–Kier alpha value is -2.31. The van der Waals surface area contributed by atoms with Crippen molar-refractivity contribution in [1.29, 1.82) is 0 Å². The molecule has 0 fully saturated rings. The second kappa shape index (κ2) is 7.80. The van der Waals surface area contributed by atoms with Crippen molar-refractivity contribution in [3.05, 3.63) is 51.8 Å². The number of nitrogens with one attached hydrogen (secondary N) is 1. The van der Waals surface area contributed by atoms with Crippen LogP contribution in [0.4, 0.5) is 0 Å². The van der Waals surface area contributed by atoms with Gasteiger partial charge in [0.2, 0.25) is 0 Å². The van der Waals surface area contributed by atoms with E-state index in [2.05, 4.69) is 15.5 Å². The van der Waals surface area contributed by atoms with Crippen LogP contribution in [0.15, 0.2) is 35.4 Å². The third-order valence-corrected chi connectivity index (χ3v) is 3.33. The Labute approximate surface area is 143 Å². The van der Waals surface area contributed by atoms with Crippen molar-refractivity contribution < 1.29 is 14.3 Å². The maximum atomic E-state index is 12.0. The lowest BCUT2D eigenvalue weighted by Gasteiger charge is -2.07. The van der Waals surface area contributed by atoms with Gasteiger partial charge in [-0.1, -0.05) is 23.2 Å². The third kappa shape index (κ3) is 4.34. The largest absolute Gasteiger partial charge is 0.493 e. The summed E-state index contributed by atoms with van der Waals surface area (Å²) in [5, 5.41) is 4.21. The quantitative estimate of drug-likeness (QED) is 0.509. The number of aromatic nitrogens is 1. The average Bonchev–Trinajstić information content (AvgIpc) is 2.56. The number of benzene rings is 1. The number of hydrogen-bond acceptors (Lipinski definition) is 5. The fourth-order valence-electron chi connectivity index (χ4n) is 1.73. The predicted octanol–water partition coefficient (Wildman–Crippen LogP) is 3.17. The van der Waals surface area contributed by atoms with Gasteiger partial charge in [-0.05, 0) is 35.9 Å². The van der Waals surface area contributed by atoms with Crippen molar-refractivity contribution >= 4 is 35.3 Å². The van der Waals surface area contributed by atoms with E-state index in [-0.39, 0.29) is 15.9 Å². The van der Waals surface area contributed by atoms with Crippen LogP contribution in [0.3, 0.4) is 0 Å². The molecule has 0 radical (unpaired) electrons. The second-order valence-electron chi connectivity index (χ2n) is 4.28. The summed E-state index contributed by atoms with van der Waals surface area (Å²) in [5.74, 6) is 0.597. The highest BCUT2D eigenvalue weighted by molar-refractivity contribution is 6.34. The topological polar surface area (TPSA) is 72.8 Å². The molecule has 0 atom stereocenters. The first-order valence-electron chi connectivity index (χ1n) is 6.42. The number of carbonyl (C=O) groups excluding carboxylic acids is 1. The Balaban J connectivity index is 2.09. The van der Waals surface area contributed by atoms with Crippen molar-refractivity contribution in [3.63, 3.8) is 0 Å². The molecule has 0 aliphatic carbocycles. The second-order valence-corrected chi connectivity index (χ2v) is 5.07. The van der Waals surface area contributed by atoms with Crippen LogP contribution in [0, 0.1) is 0 Å². The van der Waals surface area contributed by atoms with Gasteiger partial charge in [0.1, 0.15) is 10.8 Å². The summed E-state index contributed by atoms with van der Waals surface area (Å²) in [6.45, 7) is 0. The Morgan fingerprint density at radius 3 is 2.61 bits per heavy atom. The van der Waals surface area contributed by atoms with E-state index in [0.717, 1.165) is 0 Å². The standard InChI is InChI=1S/C15H13Cl2N3O3/c1-22-11-5-3-9(7-12(11)23-2)8-18-20-15(21)14-10(16)4-6-13(17)19-14/h3-8H,1-2H3,(H,20,21)/b18-8+. The van der Waals surface area contributed by atoms with Gasteiger partial charge in [-0.15, -0.1) is 0 Å². The number of hydrazone groups is 1. The lowest BCUT2D eigenvalue weighted by Crippen LogP contribution is -2.19. The molecule has 8 heteroatoms. The highest BCUT2D eigenvalue weighted by Gasteiger charge is 2.12. The highest BCUT2D eigenvalue weighted by atomic mass is 35.5. The minimum atomic E-state index is -0.561. The number of amides is 1. The smallest absolute Gasteiger partial charge is 0.291 e. The van der Waals surface area contributed by atoms with Crippen LogP contribution in [-0.2, 0) is 0 Å². The number of pyridine rings is 1. The first-order valence-corrected chi connectivity index (χ1v) is 7.18. The molecule has 120 valence electrons. The van der Waals surface area contributed by atoms with E-state index in [0.29, 0.717) is 17.1 Å². The van der Waals surface area contributed by atoms with Crippen LogP contribution in [0.2, 0.25) is 10.2 Å². The Bertz CT molecular complexity index is 751. The van der Waals surface area contributed by atoms with Gasteiger partial charge < -0.3 is 9.47 Å². The van der Waals surface area contributed by atoms with Crippen LogP contribution in [0.1, 0.15) is 16.1 Å². The van der Waals surface area contributed by atoms with E-state index in [9.17, 15) is 4.79 Å². The molecule has 0 bridgehead atoms. The summed E-state index contributed by atoms with van der Waals surface area (Å²) >= 11 is 11.6. The maximum absolute atomic E-state index is 12.0. The molecule has 0 saturated carbocycles. The molecule has 1 aromatic carbocycles. The zero-order valence-corrected chi connectivity index (χ0v) is 13.9. The van der Waals surface area contributed by atoms with Gasteiger partial charge in [-0.25, -0.2) is 10.4 Å².